The van der Waals surface area contributed by atoms with E-state index in [1.165, 1.54) is 0 Å². The molecule has 0 aliphatic rings. The molecule has 2 rings (SSSR count). The monoisotopic (exact) mass is 285 g/mol. The van der Waals surface area contributed by atoms with E-state index in [0.29, 0.717) is 0 Å². The van der Waals surface area contributed by atoms with Gasteiger partial charge in [-0.15, -0.1) is 11.3 Å². The standard InChI is InChI=1S/C12H19N3OS2/c1-12(2,17-4)8-13-7-9-10(16-3)14-11-15(9)5-6-18-11/h5-6,13H,7-8H2,1-4H3. The minimum absolute atomic E-state index is 0.242. The molecule has 0 unspecified atom stereocenters. The van der Waals surface area contributed by atoms with Crippen LogP contribution >= 0.6 is 23.1 Å². The highest BCUT2D eigenvalue weighted by Gasteiger charge is 2.17. The molecule has 0 spiro atoms. The Hall–Kier alpha value is -0.720. The molecule has 0 aliphatic heterocycles. The maximum absolute atomic E-state index is 5.33. The third kappa shape index (κ3) is 2.81. The molecule has 0 aromatic carbocycles. The lowest BCUT2D eigenvalue weighted by Gasteiger charge is -2.22. The first kappa shape index (κ1) is 13.7. The molecule has 4 nitrogen and oxygen atoms in total. The van der Waals surface area contributed by atoms with E-state index in [2.05, 4.69) is 34.8 Å². The van der Waals surface area contributed by atoms with Crippen LogP contribution in [0.2, 0.25) is 0 Å². The van der Waals surface area contributed by atoms with Gasteiger partial charge in [-0.2, -0.15) is 16.7 Å². The number of aromatic nitrogens is 2. The minimum Gasteiger partial charge on any atom is -0.480 e. The quantitative estimate of drug-likeness (QED) is 0.885. The van der Waals surface area contributed by atoms with Crippen LogP contribution < -0.4 is 10.1 Å². The average molecular weight is 285 g/mol. The fourth-order valence-corrected chi connectivity index (χ4v) is 2.66. The van der Waals surface area contributed by atoms with Crippen molar-refractivity contribution in [3.05, 3.63) is 17.3 Å². The number of ether oxygens (including phenoxy) is 1. The van der Waals surface area contributed by atoms with Crippen molar-refractivity contribution in [3.63, 3.8) is 0 Å². The van der Waals surface area contributed by atoms with Crippen LogP contribution in [0.15, 0.2) is 11.6 Å². The van der Waals surface area contributed by atoms with Gasteiger partial charge in [0.2, 0.25) is 5.88 Å². The summed E-state index contributed by atoms with van der Waals surface area (Å²) in [5.74, 6) is 0.719. The van der Waals surface area contributed by atoms with E-state index in [-0.39, 0.29) is 4.75 Å². The second-order valence-electron chi connectivity index (χ2n) is 4.69. The van der Waals surface area contributed by atoms with Gasteiger partial charge in [0, 0.05) is 29.4 Å². The number of nitrogens with zero attached hydrogens (tertiary/aromatic N) is 2. The molecule has 100 valence electrons. The van der Waals surface area contributed by atoms with Crippen molar-refractivity contribution >= 4 is 28.1 Å². The van der Waals surface area contributed by atoms with E-state index < -0.39 is 0 Å². The highest BCUT2D eigenvalue weighted by molar-refractivity contribution is 7.99. The van der Waals surface area contributed by atoms with Crippen molar-refractivity contribution in [2.24, 2.45) is 0 Å². The summed E-state index contributed by atoms with van der Waals surface area (Å²) in [6.07, 6.45) is 4.17. The molecule has 0 atom stereocenters. The molecule has 2 aromatic rings. The molecule has 0 saturated heterocycles. The average Bonchev–Trinajstić information content (AvgIpc) is 2.90. The van der Waals surface area contributed by atoms with E-state index in [1.807, 2.05) is 23.3 Å². The van der Waals surface area contributed by atoms with Crippen LogP contribution in [-0.4, -0.2) is 34.0 Å². The normalized spacial score (nSPS) is 12.2. The smallest absolute Gasteiger partial charge is 0.237 e. The molecule has 0 saturated carbocycles. The molecule has 2 heterocycles. The fraction of sp³-hybridized carbons (Fsp3) is 0.583. The van der Waals surface area contributed by atoms with E-state index in [1.54, 1.807) is 18.4 Å². The topological polar surface area (TPSA) is 38.6 Å². The summed E-state index contributed by atoms with van der Waals surface area (Å²) in [4.78, 5) is 5.42. The number of fused-ring (bicyclic) bond motifs is 1. The maximum Gasteiger partial charge on any atom is 0.237 e. The number of hydrogen-bond acceptors (Lipinski definition) is 5. The summed E-state index contributed by atoms with van der Waals surface area (Å²) in [7, 11) is 1.67. The summed E-state index contributed by atoms with van der Waals surface area (Å²) in [5.41, 5.74) is 1.09. The van der Waals surface area contributed by atoms with Crippen LogP contribution in [0.4, 0.5) is 0 Å². The molecule has 0 aliphatic carbocycles. The summed E-state index contributed by atoms with van der Waals surface area (Å²) in [5, 5.41) is 5.52. The van der Waals surface area contributed by atoms with E-state index >= 15 is 0 Å². The first-order chi connectivity index (χ1) is 8.57. The van der Waals surface area contributed by atoms with Crippen molar-refractivity contribution in [2.45, 2.75) is 25.1 Å². The Morgan fingerprint density at radius 2 is 2.33 bits per heavy atom. The predicted molar refractivity (Wildman–Crippen MR) is 78.9 cm³/mol. The Morgan fingerprint density at radius 1 is 1.56 bits per heavy atom. The van der Waals surface area contributed by atoms with Gasteiger partial charge in [0.05, 0.1) is 7.11 Å². The van der Waals surface area contributed by atoms with Gasteiger partial charge < -0.3 is 10.1 Å². The molecule has 2 aromatic heterocycles. The van der Waals surface area contributed by atoms with Crippen molar-refractivity contribution in [3.8, 4) is 5.88 Å². The molecule has 0 fully saturated rings. The highest BCUT2D eigenvalue weighted by atomic mass is 32.2. The van der Waals surface area contributed by atoms with Crippen molar-refractivity contribution in [2.75, 3.05) is 19.9 Å². The summed E-state index contributed by atoms with van der Waals surface area (Å²) in [6, 6.07) is 0. The first-order valence-electron chi connectivity index (χ1n) is 5.81. The molecule has 0 radical (unpaired) electrons. The van der Waals surface area contributed by atoms with Gasteiger partial charge in [-0.3, -0.25) is 4.40 Å². The summed E-state index contributed by atoms with van der Waals surface area (Å²) in [6.45, 7) is 6.19. The Balaban J connectivity index is 2.08. The highest BCUT2D eigenvalue weighted by Crippen LogP contribution is 2.24. The number of thiazole rings is 1. The van der Waals surface area contributed by atoms with Gasteiger partial charge in [0.15, 0.2) is 4.96 Å². The third-order valence-electron chi connectivity index (χ3n) is 2.91. The molecule has 0 amide bonds. The third-order valence-corrected chi connectivity index (χ3v) is 4.92. The zero-order chi connectivity index (χ0) is 13.2. The summed E-state index contributed by atoms with van der Waals surface area (Å²) < 4.78 is 7.65. The number of thioether (sulfide) groups is 1. The zero-order valence-corrected chi connectivity index (χ0v) is 12.8. The van der Waals surface area contributed by atoms with E-state index in [9.17, 15) is 0 Å². The second-order valence-corrected chi connectivity index (χ2v) is 7.08. The van der Waals surface area contributed by atoms with Gasteiger partial charge in [-0.25, -0.2) is 0 Å². The lowest BCUT2D eigenvalue weighted by molar-refractivity contribution is 0.392. The Kier molecular flexibility index (Phi) is 4.19. The molecular weight excluding hydrogens is 266 g/mol. The van der Waals surface area contributed by atoms with Crippen LogP contribution in [0.5, 0.6) is 5.88 Å². The Bertz CT molecular complexity index is 518. The Labute approximate surface area is 116 Å². The van der Waals surface area contributed by atoms with Crippen LogP contribution in [0.1, 0.15) is 19.5 Å². The van der Waals surface area contributed by atoms with Crippen molar-refractivity contribution < 1.29 is 4.74 Å². The largest absolute Gasteiger partial charge is 0.480 e. The van der Waals surface area contributed by atoms with Gasteiger partial charge in [-0.05, 0) is 20.1 Å². The number of rotatable bonds is 6. The van der Waals surface area contributed by atoms with E-state index in [0.717, 1.165) is 29.6 Å². The van der Waals surface area contributed by atoms with Crippen LogP contribution in [0, 0.1) is 0 Å². The van der Waals surface area contributed by atoms with Gasteiger partial charge in [0.1, 0.15) is 5.69 Å². The molecule has 1 N–H and O–H groups in total. The molecule has 18 heavy (non-hydrogen) atoms. The maximum atomic E-state index is 5.33. The van der Waals surface area contributed by atoms with Gasteiger partial charge in [-0.1, -0.05) is 0 Å². The molecular formula is C12H19N3OS2. The van der Waals surface area contributed by atoms with Crippen LogP contribution in [-0.2, 0) is 6.54 Å². The van der Waals surface area contributed by atoms with Crippen LogP contribution in [0.3, 0.4) is 0 Å². The van der Waals surface area contributed by atoms with E-state index in [4.69, 9.17) is 4.74 Å². The van der Waals surface area contributed by atoms with Gasteiger partial charge >= 0.3 is 0 Å². The Morgan fingerprint density at radius 3 is 3.00 bits per heavy atom. The minimum atomic E-state index is 0.242. The van der Waals surface area contributed by atoms with Crippen molar-refractivity contribution in [1.82, 2.24) is 14.7 Å². The SMILES string of the molecule is COc1nc2sccn2c1CNCC(C)(C)SC. The number of hydrogen-bond donors (Lipinski definition) is 1. The predicted octanol–water partition coefficient (Wildman–Crippen LogP) is 2.64. The lowest BCUT2D eigenvalue weighted by Crippen LogP contribution is -2.31. The number of imidazole rings is 1. The second kappa shape index (κ2) is 5.50. The van der Waals surface area contributed by atoms with Crippen LogP contribution in [0.25, 0.3) is 4.96 Å². The first-order valence-corrected chi connectivity index (χ1v) is 7.92. The molecule has 0 bridgehead atoms. The zero-order valence-electron chi connectivity index (χ0n) is 11.2. The molecule has 6 heteroatoms. The lowest BCUT2D eigenvalue weighted by atomic mass is 10.2. The number of nitrogens with one attached hydrogen (secondary N) is 1. The summed E-state index contributed by atoms with van der Waals surface area (Å²) >= 11 is 3.49. The van der Waals surface area contributed by atoms with Crippen molar-refractivity contribution in [1.29, 1.82) is 0 Å². The number of methoxy groups -OCH3 is 1. The fourth-order valence-electron chi connectivity index (χ4n) is 1.69. The van der Waals surface area contributed by atoms with Gasteiger partial charge in [0.25, 0.3) is 0 Å².